The first-order chi connectivity index (χ1) is 18.7. The van der Waals surface area contributed by atoms with Crippen molar-refractivity contribution in [1.82, 2.24) is 20.1 Å². The lowest BCUT2D eigenvalue weighted by atomic mass is 9.84. The molecule has 0 aliphatic carbocycles. The standard InChI is InChI=1S/C29H28FN5O3/c30-22-3-1-4-26-28(22)23-11-21-24(12-31-23)32-33-29(21)17-5-6-25(27(9-17)38-8-2-7-37-26)34-13-18-10-19(14-34)35(18)20-15-36-16-20/h1,3-6,9,11-12,18-20H,2,7-8,10,13-16H2,(H,32,33). The molecule has 2 aromatic carbocycles. The Labute approximate surface area is 219 Å². The maximum absolute atomic E-state index is 15.0. The van der Waals surface area contributed by atoms with Crippen LogP contribution in [0, 0.1) is 5.82 Å². The lowest BCUT2D eigenvalue weighted by molar-refractivity contribution is -0.141. The molecule has 5 aliphatic rings. The first-order valence-electron chi connectivity index (χ1n) is 13.4. The molecule has 0 amide bonds. The highest BCUT2D eigenvalue weighted by atomic mass is 19.1. The van der Waals surface area contributed by atoms with Crippen molar-refractivity contribution >= 4 is 16.6 Å². The maximum Gasteiger partial charge on any atom is 0.143 e. The second-order valence-electron chi connectivity index (χ2n) is 10.6. The molecule has 6 bridgehead atoms. The van der Waals surface area contributed by atoms with E-state index in [1.54, 1.807) is 18.3 Å². The number of H-pyrrole nitrogens is 1. The summed E-state index contributed by atoms with van der Waals surface area (Å²) in [5.41, 5.74) is 4.53. The third kappa shape index (κ3) is 3.49. The first kappa shape index (κ1) is 22.3. The van der Waals surface area contributed by atoms with E-state index in [0.717, 1.165) is 59.9 Å². The number of hydrogen-bond acceptors (Lipinski definition) is 7. The number of anilines is 1. The molecule has 8 nitrogen and oxygen atoms in total. The highest BCUT2D eigenvalue weighted by Crippen LogP contribution is 2.42. The van der Waals surface area contributed by atoms with Gasteiger partial charge in [-0.05, 0) is 36.8 Å². The summed E-state index contributed by atoms with van der Waals surface area (Å²) in [6, 6.07) is 14.9. The Bertz CT molecular complexity index is 1520. The predicted octanol–water partition coefficient (Wildman–Crippen LogP) is 4.25. The summed E-state index contributed by atoms with van der Waals surface area (Å²) in [5.74, 6) is 0.973. The van der Waals surface area contributed by atoms with Gasteiger partial charge in [0, 0.05) is 42.5 Å². The Morgan fingerprint density at radius 3 is 2.61 bits per heavy atom. The number of halogens is 1. The summed E-state index contributed by atoms with van der Waals surface area (Å²) in [7, 11) is 0. The maximum atomic E-state index is 15.0. The topological polar surface area (TPSA) is 75.7 Å². The van der Waals surface area contributed by atoms with Crippen molar-refractivity contribution in [2.75, 3.05) is 44.4 Å². The highest BCUT2D eigenvalue weighted by Gasteiger charge is 2.49. The number of fused-ring (bicyclic) bond motifs is 8. The van der Waals surface area contributed by atoms with Crippen LogP contribution in [0.2, 0.25) is 0 Å². The Morgan fingerprint density at radius 2 is 1.79 bits per heavy atom. The van der Waals surface area contributed by atoms with Gasteiger partial charge < -0.3 is 19.1 Å². The van der Waals surface area contributed by atoms with Gasteiger partial charge in [-0.25, -0.2) is 4.39 Å². The summed E-state index contributed by atoms with van der Waals surface area (Å²) >= 11 is 0. The quantitative estimate of drug-likeness (QED) is 0.429. The van der Waals surface area contributed by atoms with Crippen LogP contribution in [0.4, 0.5) is 10.1 Å². The van der Waals surface area contributed by atoms with E-state index in [1.165, 1.54) is 12.5 Å². The van der Waals surface area contributed by atoms with Crippen molar-refractivity contribution in [3.05, 3.63) is 54.5 Å². The number of aromatic nitrogens is 3. The average Bonchev–Trinajstić information content (AvgIpc) is 3.33. The Morgan fingerprint density at radius 1 is 0.947 bits per heavy atom. The zero-order chi connectivity index (χ0) is 25.2. The molecular formula is C29H28FN5O3. The van der Waals surface area contributed by atoms with Crippen LogP contribution in [-0.2, 0) is 4.74 Å². The van der Waals surface area contributed by atoms with Crippen molar-refractivity contribution in [2.45, 2.75) is 31.0 Å². The van der Waals surface area contributed by atoms with Gasteiger partial charge in [-0.2, -0.15) is 5.10 Å². The normalized spacial score (nSPS) is 23.1. The smallest absolute Gasteiger partial charge is 0.143 e. The summed E-state index contributed by atoms with van der Waals surface area (Å²) < 4.78 is 32.8. The number of pyridine rings is 1. The van der Waals surface area contributed by atoms with E-state index in [9.17, 15) is 4.39 Å². The monoisotopic (exact) mass is 513 g/mol. The molecule has 4 aromatic rings. The molecule has 194 valence electrons. The molecule has 9 heteroatoms. The predicted molar refractivity (Wildman–Crippen MR) is 141 cm³/mol. The van der Waals surface area contributed by atoms with E-state index < -0.39 is 0 Å². The van der Waals surface area contributed by atoms with Gasteiger partial charge in [-0.1, -0.05) is 12.1 Å². The molecule has 0 spiro atoms. The molecule has 2 atom stereocenters. The molecule has 4 saturated heterocycles. The largest absolute Gasteiger partial charge is 0.493 e. The van der Waals surface area contributed by atoms with Crippen molar-refractivity contribution in [1.29, 1.82) is 0 Å². The number of rotatable bonds is 2. The van der Waals surface area contributed by atoms with Gasteiger partial charge in [-0.3, -0.25) is 15.0 Å². The number of piperidine rings is 1. The van der Waals surface area contributed by atoms with Gasteiger partial charge in [0.25, 0.3) is 0 Å². The Balaban J connectivity index is 1.18. The van der Waals surface area contributed by atoms with E-state index in [4.69, 9.17) is 14.2 Å². The molecule has 9 rings (SSSR count). The molecule has 7 heterocycles. The van der Waals surface area contributed by atoms with Crippen molar-refractivity contribution < 1.29 is 18.6 Å². The van der Waals surface area contributed by atoms with E-state index in [-0.39, 0.29) is 5.82 Å². The lowest BCUT2D eigenvalue weighted by Crippen LogP contribution is -2.74. The number of hydrogen-bond donors (Lipinski definition) is 1. The first-order valence-corrected chi connectivity index (χ1v) is 13.4. The highest BCUT2D eigenvalue weighted by molar-refractivity contribution is 5.95. The fourth-order valence-corrected chi connectivity index (χ4v) is 6.44. The van der Waals surface area contributed by atoms with Gasteiger partial charge in [0.2, 0.25) is 0 Å². The van der Waals surface area contributed by atoms with Crippen LogP contribution in [0.1, 0.15) is 12.8 Å². The molecule has 38 heavy (non-hydrogen) atoms. The summed E-state index contributed by atoms with van der Waals surface area (Å²) in [6.45, 7) is 4.63. The average molecular weight is 514 g/mol. The molecular weight excluding hydrogens is 485 g/mol. The van der Waals surface area contributed by atoms with E-state index in [0.29, 0.717) is 54.8 Å². The SMILES string of the molecule is Fc1cccc2c1-c1cc3c(n[nH]c3cn1)-c1ccc(N3CC4CC(C3)N4C3COC3)c(c1)OCCCO2. The molecule has 1 N–H and O–H groups in total. The van der Waals surface area contributed by atoms with Gasteiger partial charge in [0.05, 0.1) is 61.1 Å². The van der Waals surface area contributed by atoms with E-state index >= 15 is 0 Å². The fourth-order valence-electron chi connectivity index (χ4n) is 6.44. The molecule has 2 unspecified atom stereocenters. The molecule has 4 fully saturated rings. The third-order valence-corrected chi connectivity index (χ3v) is 8.35. The fraction of sp³-hybridized carbons (Fsp3) is 0.379. The molecule has 0 radical (unpaired) electrons. The zero-order valence-corrected chi connectivity index (χ0v) is 20.9. The Hall–Kier alpha value is -3.69. The van der Waals surface area contributed by atoms with Crippen LogP contribution >= 0.6 is 0 Å². The van der Waals surface area contributed by atoms with Crippen LogP contribution in [0.5, 0.6) is 11.5 Å². The van der Waals surface area contributed by atoms with Crippen molar-refractivity contribution in [3.8, 4) is 34.0 Å². The second-order valence-corrected chi connectivity index (χ2v) is 10.6. The van der Waals surface area contributed by atoms with Crippen molar-refractivity contribution in [3.63, 3.8) is 0 Å². The molecule has 2 aromatic heterocycles. The molecule has 0 saturated carbocycles. The number of benzene rings is 2. The summed E-state index contributed by atoms with van der Waals surface area (Å²) in [4.78, 5) is 9.66. The van der Waals surface area contributed by atoms with Gasteiger partial charge in [-0.15, -0.1) is 0 Å². The number of piperazine rings is 1. The minimum absolute atomic E-state index is 0.363. The van der Waals surface area contributed by atoms with Gasteiger partial charge >= 0.3 is 0 Å². The zero-order valence-electron chi connectivity index (χ0n) is 20.9. The third-order valence-electron chi connectivity index (χ3n) is 8.35. The van der Waals surface area contributed by atoms with Crippen LogP contribution in [0.3, 0.4) is 0 Å². The van der Waals surface area contributed by atoms with Crippen molar-refractivity contribution in [2.24, 2.45) is 0 Å². The number of nitrogens with one attached hydrogen (secondary N) is 1. The minimum Gasteiger partial charge on any atom is -0.493 e. The van der Waals surface area contributed by atoms with Gasteiger partial charge in [0.15, 0.2) is 0 Å². The van der Waals surface area contributed by atoms with Crippen LogP contribution < -0.4 is 14.4 Å². The van der Waals surface area contributed by atoms with E-state index in [1.807, 2.05) is 6.07 Å². The van der Waals surface area contributed by atoms with Crippen LogP contribution in [0.15, 0.2) is 48.7 Å². The lowest BCUT2D eigenvalue weighted by Gasteiger charge is -2.61. The second kappa shape index (κ2) is 8.68. The number of nitrogens with zero attached hydrogens (tertiary/aromatic N) is 4. The minimum atomic E-state index is -0.364. The summed E-state index contributed by atoms with van der Waals surface area (Å²) in [6.07, 6.45) is 3.63. The number of ether oxygens (including phenoxy) is 3. The number of aromatic amines is 1. The van der Waals surface area contributed by atoms with E-state index in [2.05, 4.69) is 43.2 Å². The van der Waals surface area contributed by atoms with Crippen LogP contribution in [-0.4, -0.2) is 77.7 Å². The van der Waals surface area contributed by atoms with Gasteiger partial charge in [0.1, 0.15) is 23.0 Å². The Kier molecular flexibility index (Phi) is 5.09. The molecule has 5 aliphatic heterocycles. The summed E-state index contributed by atoms with van der Waals surface area (Å²) in [5, 5.41) is 8.57. The van der Waals surface area contributed by atoms with Crippen LogP contribution in [0.25, 0.3) is 33.4 Å².